The second-order valence-corrected chi connectivity index (χ2v) is 5.00. The van der Waals surface area contributed by atoms with Crippen LogP contribution in [0.2, 0.25) is 0 Å². The third kappa shape index (κ3) is 2.78. The summed E-state index contributed by atoms with van der Waals surface area (Å²) in [7, 11) is 1.85. The Kier molecular flexibility index (Phi) is 3.60. The third-order valence-corrected chi connectivity index (χ3v) is 3.49. The fourth-order valence-electron chi connectivity index (χ4n) is 1.84. The van der Waals surface area contributed by atoms with E-state index in [-0.39, 0.29) is 0 Å². The summed E-state index contributed by atoms with van der Waals surface area (Å²) in [5, 5.41) is 10.4. The van der Waals surface area contributed by atoms with Gasteiger partial charge in [-0.1, -0.05) is 30.3 Å². The fraction of sp³-hybridized carbons (Fsp3) is 0.0667. The van der Waals surface area contributed by atoms with Crippen molar-refractivity contribution in [1.29, 1.82) is 0 Å². The van der Waals surface area contributed by atoms with Crippen molar-refractivity contribution in [3.63, 3.8) is 0 Å². The van der Waals surface area contributed by atoms with Crippen LogP contribution >= 0.6 is 11.3 Å². The van der Waals surface area contributed by atoms with Gasteiger partial charge in [0.05, 0.1) is 5.69 Å². The summed E-state index contributed by atoms with van der Waals surface area (Å²) in [4.78, 5) is 9.06. The molecule has 20 heavy (non-hydrogen) atoms. The first-order chi connectivity index (χ1) is 9.85. The van der Waals surface area contributed by atoms with Gasteiger partial charge in [0.25, 0.3) is 0 Å². The Bertz CT molecular complexity index is 680. The highest BCUT2D eigenvalue weighted by molar-refractivity contribution is 7.08. The molecule has 4 nitrogen and oxygen atoms in total. The minimum absolute atomic E-state index is 0.704. The van der Waals surface area contributed by atoms with Crippen molar-refractivity contribution >= 4 is 28.7 Å². The zero-order chi connectivity index (χ0) is 13.8. The molecular weight excluding hydrogens is 268 g/mol. The number of rotatable bonds is 4. The lowest BCUT2D eigenvalue weighted by Gasteiger charge is -2.09. The fourth-order valence-corrected chi connectivity index (χ4v) is 2.43. The monoisotopic (exact) mass is 282 g/mol. The second-order valence-electron chi connectivity index (χ2n) is 4.22. The summed E-state index contributed by atoms with van der Waals surface area (Å²) in [5.41, 5.74) is 2.03. The summed E-state index contributed by atoms with van der Waals surface area (Å²) >= 11 is 1.65. The Morgan fingerprint density at radius 1 is 1.00 bits per heavy atom. The van der Waals surface area contributed by atoms with E-state index in [4.69, 9.17) is 0 Å². The van der Waals surface area contributed by atoms with Gasteiger partial charge in [-0.3, -0.25) is 0 Å². The maximum Gasteiger partial charge on any atom is 0.163 e. The molecule has 2 heterocycles. The van der Waals surface area contributed by atoms with Crippen LogP contribution in [0.25, 0.3) is 11.4 Å². The Labute approximate surface area is 121 Å². The summed E-state index contributed by atoms with van der Waals surface area (Å²) in [5.74, 6) is 2.27. The quantitative estimate of drug-likeness (QED) is 0.759. The molecule has 3 aromatic rings. The first kappa shape index (κ1) is 12.6. The van der Waals surface area contributed by atoms with Crippen molar-refractivity contribution in [3.8, 4) is 11.4 Å². The van der Waals surface area contributed by atoms with Gasteiger partial charge in [0, 0.05) is 24.1 Å². The van der Waals surface area contributed by atoms with Gasteiger partial charge >= 0.3 is 0 Å². The van der Waals surface area contributed by atoms with Crippen LogP contribution in [-0.2, 0) is 0 Å². The van der Waals surface area contributed by atoms with Crippen molar-refractivity contribution in [2.24, 2.45) is 0 Å². The zero-order valence-electron chi connectivity index (χ0n) is 11.0. The maximum absolute atomic E-state index is 4.57. The van der Waals surface area contributed by atoms with Crippen LogP contribution in [0.3, 0.4) is 0 Å². The Morgan fingerprint density at radius 3 is 2.50 bits per heavy atom. The normalized spacial score (nSPS) is 10.2. The number of nitrogens with one attached hydrogen (secondary N) is 2. The van der Waals surface area contributed by atoms with E-state index in [0.29, 0.717) is 5.82 Å². The van der Waals surface area contributed by atoms with Crippen molar-refractivity contribution in [2.75, 3.05) is 17.7 Å². The first-order valence-electron chi connectivity index (χ1n) is 6.26. The van der Waals surface area contributed by atoms with Crippen LogP contribution in [0.1, 0.15) is 0 Å². The topological polar surface area (TPSA) is 49.8 Å². The van der Waals surface area contributed by atoms with E-state index in [9.17, 15) is 0 Å². The summed E-state index contributed by atoms with van der Waals surface area (Å²) < 4.78 is 0. The number of anilines is 3. The molecule has 0 unspecified atom stereocenters. The summed E-state index contributed by atoms with van der Waals surface area (Å²) in [6.45, 7) is 0. The molecule has 0 aliphatic carbocycles. The Balaban J connectivity index is 1.99. The van der Waals surface area contributed by atoms with Crippen LogP contribution in [0.15, 0.2) is 53.2 Å². The van der Waals surface area contributed by atoms with Crippen molar-refractivity contribution in [3.05, 3.63) is 53.2 Å². The van der Waals surface area contributed by atoms with Gasteiger partial charge in [-0.05, 0) is 11.4 Å². The zero-order valence-corrected chi connectivity index (χ0v) is 11.8. The van der Waals surface area contributed by atoms with Gasteiger partial charge in [-0.15, -0.1) is 0 Å². The molecule has 2 N–H and O–H groups in total. The lowest BCUT2D eigenvalue weighted by molar-refractivity contribution is 1.17. The van der Waals surface area contributed by atoms with Crippen LogP contribution < -0.4 is 10.6 Å². The molecule has 0 saturated carbocycles. The molecule has 0 fully saturated rings. The minimum Gasteiger partial charge on any atom is -0.373 e. The first-order valence-corrected chi connectivity index (χ1v) is 7.21. The maximum atomic E-state index is 4.57. The predicted octanol–water partition coefficient (Wildman–Crippen LogP) is 3.99. The number of nitrogens with zero attached hydrogens (tertiary/aromatic N) is 2. The van der Waals surface area contributed by atoms with Gasteiger partial charge in [-0.2, -0.15) is 11.3 Å². The van der Waals surface area contributed by atoms with Crippen molar-refractivity contribution in [1.82, 2.24) is 9.97 Å². The molecular formula is C15H14N4S. The van der Waals surface area contributed by atoms with Gasteiger partial charge in [0.1, 0.15) is 11.6 Å². The SMILES string of the molecule is CNc1cc(Nc2ccsc2)nc(-c2ccccc2)n1. The molecule has 0 spiro atoms. The van der Waals surface area contributed by atoms with Gasteiger partial charge in [0.2, 0.25) is 0 Å². The lowest BCUT2D eigenvalue weighted by Crippen LogP contribution is -2.01. The van der Waals surface area contributed by atoms with E-state index in [0.717, 1.165) is 22.9 Å². The molecule has 0 amide bonds. The highest BCUT2D eigenvalue weighted by Crippen LogP contribution is 2.23. The van der Waals surface area contributed by atoms with E-state index in [1.165, 1.54) is 0 Å². The third-order valence-electron chi connectivity index (χ3n) is 2.81. The summed E-state index contributed by atoms with van der Waals surface area (Å²) in [6.07, 6.45) is 0. The molecule has 0 atom stereocenters. The molecule has 0 radical (unpaired) electrons. The van der Waals surface area contributed by atoms with E-state index >= 15 is 0 Å². The minimum atomic E-state index is 0.704. The highest BCUT2D eigenvalue weighted by Gasteiger charge is 2.06. The van der Waals surface area contributed by atoms with Crippen LogP contribution in [-0.4, -0.2) is 17.0 Å². The average Bonchev–Trinajstić information content (AvgIpc) is 3.00. The number of benzene rings is 1. The molecule has 5 heteroatoms. The van der Waals surface area contributed by atoms with Crippen molar-refractivity contribution in [2.45, 2.75) is 0 Å². The molecule has 1 aromatic carbocycles. The highest BCUT2D eigenvalue weighted by atomic mass is 32.1. The molecule has 2 aromatic heterocycles. The molecule has 0 aliphatic heterocycles. The predicted molar refractivity (Wildman–Crippen MR) is 84.6 cm³/mol. The Hall–Kier alpha value is -2.40. The summed E-state index contributed by atoms with van der Waals surface area (Å²) in [6, 6.07) is 13.9. The number of hydrogen-bond donors (Lipinski definition) is 2. The number of aromatic nitrogens is 2. The van der Waals surface area contributed by atoms with E-state index < -0.39 is 0 Å². The second kappa shape index (κ2) is 5.71. The number of hydrogen-bond acceptors (Lipinski definition) is 5. The largest absolute Gasteiger partial charge is 0.373 e. The lowest BCUT2D eigenvalue weighted by atomic mass is 10.2. The molecule has 0 bridgehead atoms. The van der Waals surface area contributed by atoms with Crippen molar-refractivity contribution < 1.29 is 0 Å². The molecule has 0 saturated heterocycles. The van der Waals surface area contributed by atoms with Crippen LogP contribution in [0, 0.1) is 0 Å². The van der Waals surface area contributed by atoms with E-state index in [1.807, 2.05) is 60.3 Å². The average molecular weight is 282 g/mol. The van der Waals surface area contributed by atoms with Gasteiger partial charge in [0.15, 0.2) is 5.82 Å². The van der Waals surface area contributed by atoms with Gasteiger partial charge < -0.3 is 10.6 Å². The van der Waals surface area contributed by atoms with E-state index in [2.05, 4.69) is 20.6 Å². The molecule has 100 valence electrons. The van der Waals surface area contributed by atoms with Gasteiger partial charge in [-0.25, -0.2) is 9.97 Å². The Morgan fingerprint density at radius 2 is 1.80 bits per heavy atom. The van der Waals surface area contributed by atoms with E-state index in [1.54, 1.807) is 11.3 Å². The van der Waals surface area contributed by atoms with Crippen LogP contribution in [0.4, 0.5) is 17.3 Å². The molecule has 3 rings (SSSR count). The number of thiophene rings is 1. The smallest absolute Gasteiger partial charge is 0.163 e. The standard InChI is InChI=1S/C15H14N4S/c1-16-13-9-14(17-12-7-8-20-10-12)19-15(18-13)11-5-3-2-4-6-11/h2-10H,1H3,(H2,16,17,18,19). The van der Waals surface area contributed by atoms with Crippen LogP contribution in [0.5, 0.6) is 0 Å². The molecule has 0 aliphatic rings.